The molecule has 7 nitrogen and oxygen atoms in total. The molecule has 10 heteroatoms. The molecule has 146 valence electrons. The Morgan fingerprint density at radius 3 is 2.27 bits per heavy atom. The molecule has 0 heterocycles. The van der Waals surface area contributed by atoms with Crippen molar-refractivity contribution < 1.29 is 32.2 Å². The molecule has 3 amide bonds. The van der Waals surface area contributed by atoms with E-state index in [1.165, 1.54) is 14.2 Å². The number of hydrogen-bond acceptors (Lipinski definition) is 5. The monoisotopic (exact) mass is 377 g/mol. The zero-order chi connectivity index (χ0) is 19.9. The number of carbonyl (C=O) groups excluding carboxylic acids is 2. The molecule has 0 saturated heterocycles. The standard InChI is InChI=1S/C16H22F3N3O4/c1-10-5-12(25-3)13(26-4)6-11(10)7-22(2)8-14(23)21-15(24)20-9-16(17,18)19/h5-6H,7-9H2,1-4H3,(H2,20,21,23,24). The number of carbonyl (C=O) groups is 2. The zero-order valence-electron chi connectivity index (χ0n) is 15.0. The first kappa shape index (κ1) is 21.6. The minimum Gasteiger partial charge on any atom is -0.493 e. The second-order valence-corrected chi connectivity index (χ2v) is 5.65. The van der Waals surface area contributed by atoms with Crippen molar-refractivity contribution in [2.45, 2.75) is 19.6 Å². The van der Waals surface area contributed by atoms with Crippen LogP contribution in [0.1, 0.15) is 11.1 Å². The number of alkyl halides is 3. The van der Waals surface area contributed by atoms with Crippen LogP contribution in [0.15, 0.2) is 12.1 Å². The Morgan fingerprint density at radius 2 is 1.73 bits per heavy atom. The average Bonchev–Trinajstić information content (AvgIpc) is 2.53. The van der Waals surface area contributed by atoms with Crippen molar-refractivity contribution in [3.63, 3.8) is 0 Å². The summed E-state index contributed by atoms with van der Waals surface area (Å²) in [5, 5.41) is 3.42. The molecule has 0 radical (unpaired) electrons. The van der Waals surface area contributed by atoms with E-state index in [2.05, 4.69) is 0 Å². The smallest absolute Gasteiger partial charge is 0.405 e. The van der Waals surface area contributed by atoms with Gasteiger partial charge >= 0.3 is 12.2 Å². The number of rotatable bonds is 7. The summed E-state index contributed by atoms with van der Waals surface area (Å²) in [6, 6.07) is 2.38. The third-order valence-corrected chi connectivity index (χ3v) is 3.40. The van der Waals surface area contributed by atoms with E-state index in [-0.39, 0.29) is 6.54 Å². The summed E-state index contributed by atoms with van der Waals surface area (Å²) >= 11 is 0. The molecule has 0 saturated carbocycles. The summed E-state index contributed by atoms with van der Waals surface area (Å²) in [7, 11) is 4.67. The van der Waals surface area contributed by atoms with Gasteiger partial charge in [0.1, 0.15) is 6.54 Å². The maximum atomic E-state index is 12.0. The number of methoxy groups -OCH3 is 2. The maximum absolute atomic E-state index is 12.0. The van der Waals surface area contributed by atoms with Crippen LogP contribution >= 0.6 is 0 Å². The van der Waals surface area contributed by atoms with Gasteiger partial charge in [0.2, 0.25) is 5.91 Å². The van der Waals surface area contributed by atoms with Crippen molar-refractivity contribution in [2.24, 2.45) is 0 Å². The van der Waals surface area contributed by atoms with E-state index in [9.17, 15) is 22.8 Å². The van der Waals surface area contributed by atoms with Gasteiger partial charge in [-0.1, -0.05) is 0 Å². The Hall–Kier alpha value is -2.49. The molecule has 0 aliphatic carbocycles. The van der Waals surface area contributed by atoms with E-state index in [1.54, 1.807) is 29.4 Å². The molecule has 2 N–H and O–H groups in total. The fourth-order valence-electron chi connectivity index (χ4n) is 2.18. The van der Waals surface area contributed by atoms with Crippen molar-refractivity contribution in [2.75, 3.05) is 34.4 Å². The normalized spacial score (nSPS) is 11.2. The number of urea groups is 1. The minimum absolute atomic E-state index is 0.173. The van der Waals surface area contributed by atoms with Crippen molar-refractivity contribution in [1.82, 2.24) is 15.5 Å². The van der Waals surface area contributed by atoms with Gasteiger partial charge in [0.15, 0.2) is 11.5 Å². The molecule has 0 bridgehead atoms. The minimum atomic E-state index is -4.54. The predicted molar refractivity (Wildman–Crippen MR) is 88.2 cm³/mol. The lowest BCUT2D eigenvalue weighted by Gasteiger charge is -2.19. The highest BCUT2D eigenvalue weighted by Crippen LogP contribution is 2.30. The first-order valence-corrected chi connectivity index (χ1v) is 7.60. The number of ether oxygens (including phenoxy) is 2. The molecule has 0 spiro atoms. The van der Waals surface area contributed by atoms with Crippen molar-refractivity contribution >= 4 is 11.9 Å². The summed E-state index contributed by atoms with van der Waals surface area (Å²) in [5.41, 5.74) is 1.79. The topological polar surface area (TPSA) is 79.9 Å². The molecule has 0 aliphatic heterocycles. The molecule has 1 aromatic carbocycles. The summed E-state index contributed by atoms with van der Waals surface area (Å²) < 4.78 is 46.5. The fourth-order valence-corrected chi connectivity index (χ4v) is 2.18. The molecular formula is C16H22F3N3O4. The van der Waals surface area contributed by atoms with Gasteiger partial charge in [-0.15, -0.1) is 0 Å². The maximum Gasteiger partial charge on any atom is 0.405 e. The van der Waals surface area contributed by atoms with Gasteiger partial charge in [0, 0.05) is 6.54 Å². The lowest BCUT2D eigenvalue weighted by Crippen LogP contribution is -2.46. The Bertz CT molecular complexity index is 650. The highest BCUT2D eigenvalue weighted by Gasteiger charge is 2.28. The summed E-state index contributed by atoms with van der Waals surface area (Å²) in [6.07, 6.45) is -4.54. The summed E-state index contributed by atoms with van der Waals surface area (Å²) in [5.74, 6) is 0.401. The van der Waals surface area contributed by atoms with Crippen LogP contribution in [-0.2, 0) is 11.3 Å². The van der Waals surface area contributed by atoms with Gasteiger partial charge in [-0.25, -0.2) is 4.79 Å². The summed E-state index contributed by atoms with van der Waals surface area (Å²) in [4.78, 5) is 24.6. The molecule has 0 atom stereocenters. The predicted octanol–water partition coefficient (Wildman–Crippen LogP) is 1.83. The van der Waals surface area contributed by atoms with E-state index in [0.29, 0.717) is 18.0 Å². The number of halogens is 3. The Morgan fingerprint density at radius 1 is 1.15 bits per heavy atom. The molecule has 0 aromatic heterocycles. The third-order valence-electron chi connectivity index (χ3n) is 3.40. The molecule has 26 heavy (non-hydrogen) atoms. The van der Waals surface area contributed by atoms with Crippen LogP contribution in [0.5, 0.6) is 11.5 Å². The first-order chi connectivity index (χ1) is 12.1. The number of imide groups is 1. The SMILES string of the molecule is COc1cc(C)c(CN(C)CC(=O)NC(=O)NCC(F)(F)F)cc1OC. The second-order valence-electron chi connectivity index (χ2n) is 5.65. The molecule has 1 aromatic rings. The lowest BCUT2D eigenvalue weighted by atomic mass is 10.1. The largest absolute Gasteiger partial charge is 0.493 e. The molecule has 0 unspecified atom stereocenters. The van der Waals surface area contributed by atoms with Crippen molar-refractivity contribution in [3.8, 4) is 11.5 Å². The van der Waals surface area contributed by atoms with Gasteiger partial charge in [-0.3, -0.25) is 15.0 Å². The van der Waals surface area contributed by atoms with Crippen molar-refractivity contribution in [1.29, 1.82) is 0 Å². The number of amides is 3. The number of likely N-dealkylation sites (N-methyl/N-ethyl adjacent to an activating group) is 1. The quantitative estimate of drug-likeness (QED) is 0.758. The van der Waals surface area contributed by atoms with Crippen LogP contribution in [-0.4, -0.2) is 57.4 Å². The van der Waals surface area contributed by atoms with E-state index in [1.807, 2.05) is 12.2 Å². The third kappa shape index (κ3) is 7.18. The molecular weight excluding hydrogens is 355 g/mol. The lowest BCUT2D eigenvalue weighted by molar-refractivity contribution is -0.125. The van der Waals surface area contributed by atoms with E-state index in [4.69, 9.17) is 9.47 Å². The van der Waals surface area contributed by atoms with Gasteiger partial charge in [-0.05, 0) is 37.2 Å². The van der Waals surface area contributed by atoms with Crippen LogP contribution in [0.3, 0.4) is 0 Å². The van der Waals surface area contributed by atoms with E-state index in [0.717, 1.165) is 11.1 Å². The number of hydrogen-bond donors (Lipinski definition) is 2. The molecule has 0 aliphatic rings. The Kier molecular flexibility index (Phi) is 7.69. The van der Waals surface area contributed by atoms with Gasteiger partial charge < -0.3 is 14.8 Å². The van der Waals surface area contributed by atoms with Crippen LogP contribution in [0.2, 0.25) is 0 Å². The van der Waals surface area contributed by atoms with Gasteiger partial charge in [0.25, 0.3) is 0 Å². The van der Waals surface area contributed by atoms with Crippen LogP contribution in [0.25, 0.3) is 0 Å². The summed E-state index contributed by atoms with van der Waals surface area (Å²) in [6.45, 7) is 0.555. The fraction of sp³-hybridized carbons (Fsp3) is 0.500. The highest BCUT2D eigenvalue weighted by molar-refractivity contribution is 5.95. The molecule has 0 fully saturated rings. The van der Waals surface area contributed by atoms with Gasteiger partial charge in [0.05, 0.1) is 20.8 Å². The highest BCUT2D eigenvalue weighted by atomic mass is 19.4. The van der Waals surface area contributed by atoms with Crippen LogP contribution in [0, 0.1) is 6.92 Å². The number of aryl methyl sites for hydroxylation is 1. The average molecular weight is 377 g/mol. The number of nitrogens with zero attached hydrogens (tertiary/aromatic N) is 1. The number of benzene rings is 1. The van der Waals surface area contributed by atoms with Crippen LogP contribution in [0.4, 0.5) is 18.0 Å². The van der Waals surface area contributed by atoms with E-state index >= 15 is 0 Å². The second kappa shape index (κ2) is 9.27. The Labute approximate surface area is 149 Å². The van der Waals surface area contributed by atoms with E-state index < -0.39 is 24.7 Å². The molecule has 1 rings (SSSR count). The van der Waals surface area contributed by atoms with Gasteiger partial charge in [-0.2, -0.15) is 13.2 Å². The van der Waals surface area contributed by atoms with Crippen molar-refractivity contribution in [3.05, 3.63) is 23.3 Å². The van der Waals surface area contributed by atoms with Crippen LogP contribution < -0.4 is 20.1 Å². The number of nitrogens with one attached hydrogen (secondary N) is 2. The first-order valence-electron chi connectivity index (χ1n) is 7.60. The zero-order valence-corrected chi connectivity index (χ0v) is 15.0. The Balaban J connectivity index is 2.59.